The van der Waals surface area contributed by atoms with Gasteiger partial charge in [-0.3, -0.25) is 0 Å². The fourth-order valence-corrected chi connectivity index (χ4v) is 9.89. The minimum absolute atomic E-state index is 0.439. The van der Waals surface area contributed by atoms with Crippen molar-refractivity contribution in [3.8, 4) is 33.4 Å². The number of nitrogens with zero attached hydrogens (tertiary/aromatic N) is 1. The molecule has 0 bridgehead atoms. The number of fused-ring (bicyclic) bond motifs is 12. The molecule has 0 N–H and O–H groups in total. The Bertz CT molecular complexity index is 3150. The summed E-state index contributed by atoms with van der Waals surface area (Å²) in [6.07, 6.45) is 0. The topological polar surface area (TPSA) is 16.4 Å². The molecule has 2 aliphatic rings. The van der Waals surface area contributed by atoms with Crippen molar-refractivity contribution in [2.45, 2.75) is 5.41 Å². The lowest BCUT2D eigenvalue weighted by molar-refractivity contribution is 0.669. The summed E-state index contributed by atoms with van der Waals surface area (Å²) in [5, 5.41) is 4.89. The monoisotopic (exact) mass is 699 g/mol. The molecule has 55 heavy (non-hydrogen) atoms. The molecule has 0 saturated carbocycles. The molecule has 1 unspecified atom stereocenters. The van der Waals surface area contributed by atoms with Crippen molar-refractivity contribution < 1.29 is 4.42 Å². The number of benzene rings is 9. The van der Waals surface area contributed by atoms with Crippen LogP contribution in [0.1, 0.15) is 22.3 Å². The Labute approximate surface area is 319 Å². The summed E-state index contributed by atoms with van der Waals surface area (Å²) >= 11 is 0. The smallest absolute Gasteiger partial charge is 0.137 e. The molecule has 2 heteroatoms. The minimum atomic E-state index is -0.439. The van der Waals surface area contributed by atoms with E-state index in [1.807, 2.05) is 12.1 Å². The Hall–Kier alpha value is -7.16. The van der Waals surface area contributed by atoms with Gasteiger partial charge in [-0.25, -0.2) is 0 Å². The summed E-state index contributed by atoms with van der Waals surface area (Å²) in [4.78, 5) is 2.31. The lowest BCUT2D eigenvalue weighted by Crippen LogP contribution is -2.31. The SMILES string of the molecule is c1ccc(N(c2ccc(-c3cccc4c3-c3ccccc3C43c4ccccc4-c4cccc5cccc3c45)cc2)c2ccc3c(c2)oc2ccccc23)cc1. The van der Waals surface area contributed by atoms with Crippen LogP contribution in [-0.4, -0.2) is 0 Å². The molecule has 0 saturated heterocycles. The number of para-hydroxylation sites is 2. The molecule has 2 nitrogen and oxygen atoms in total. The highest BCUT2D eigenvalue weighted by Crippen LogP contribution is 2.63. The van der Waals surface area contributed by atoms with E-state index < -0.39 is 5.41 Å². The van der Waals surface area contributed by atoms with Crippen molar-refractivity contribution in [1.82, 2.24) is 0 Å². The van der Waals surface area contributed by atoms with Crippen LogP contribution in [0.3, 0.4) is 0 Å². The molecule has 9 aromatic carbocycles. The van der Waals surface area contributed by atoms with Gasteiger partial charge in [0.15, 0.2) is 0 Å². The highest BCUT2D eigenvalue weighted by Gasteiger charge is 2.50. The van der Waals surface area contributed by atoms with E-state index in [4.69, 9.17) is 4.42 Å². The maximum absolute atomic E-state index is 6.34. The molecule has 2 aliphatic carbocycles. The number of hydrogen-bond donors (Lipinski definition) is 0. The van der Waals surface area contributed by atoms with Crippen LogP contribution in [0.15, 0.2) is 205 Å². The number of furan rings is 1. The Kier molecular flexibility index (Phi) is 6.29. The van der Waals surface area contributed by atoms with Crippen LogP contribution in [0.25, 0.3) is 66.1 Å². The first kappa shape index (κ1) is 30.3. The van der Waals surface area contributed by atoms with Crippen LogP contribution < -0.4 is 4.90 Å². The van der Waals surface area contributed by atoms with E-state index in [2.05, 4.69) is 193 Å². The summed E-state index contributed by atoms with van der Waals surface area (Å²) in [5.41, 5.74) is 17.6. The maximum Gasteiger partial charge on any atom is 0.137 e. The standard InChI is InChI=1S/C53H33NO/c1-2-15-36(16-3-1)54(38-31-32-42-41-18-6-9-26-49(41)55-50(42)33-38)37-29-27-34(28-30-37)39-20-12-25-48-52(39)44-19-5-8-23-46(44)53(48)45-22-7-4-17-40(45)43-21-10-13-35-14-11-24-47(53)51(35)43/h1-33H. The third kappa shape index (κ3) is 4.14. The molecule has 12 rings (SSSR count). The summed E-state index contributed by atoms with van der Waals surface area (Å²) in [7, 11) is 0. The Morgan fingerprint density at radius 1 is 0.364 bits per heavy atom. The molecule has 256 valence electrons. The Morgan fingerprint density at radius 3 is 1.80 bits per heavy atom. The van der Waals surface area contributed by atoms with Crippen LogP contribution >= 0.6 is 0 Å². The molecule has 1 aromatic heterocycles. The second-order valence-corrected chi connectivity index (χ2v) is 14.8. The molecule has 1 spiro atoms. The van der Waals surface area contributed by atoms with E-state index in [0.29, 0.717) is 0 Å². The number of rotatable bonds is 4. The fourth-order valence-electron chi connectivity index (χ4n) is 9.89. The number of hydrogen-bond acceptors (Lipinski definition) is 2. The van der Waals surface area contributed by atoms with Crippen molar-refractivity contribution in [2.75, 3.05) is 4.90 Å². The van der Waals surface area contributed by atoms with Gasteiger partial charge in [-0.15, -0.1) is 0 Å². The number of anilines is 3. The zero-order chi connectivity index (χ0) is 36.1. The van der Waals surface area contributed by atoms with Crippen LogP contribution in [0, 0.1) is 0 Å². The first-order valence-corrected chi connectivity index (χ1v) is 19.0. The minimum Gasteiger partial charge on any atom is -0.456 e. The lowest BCUT2D eigenvalue weighted by atomic mass is 9.61. The van der Waals surface area contributed by atoms with Gasteiger partial charge in [0, 0.05) is 33.9 Å². The van der Waals surface area contributed by atoms with Crippen molar-refractivity contribution in [3.05, 3.63) is 222 Å². The van der Waals surface area contributed by atoms with Gasteiger partial charge in [-0.2, -0.15) is 0 Å². The molecule has 10 aromatic rings. The Morgan fingerprint density at radius 2 is 0.945 bits per heavy atom. The zero-order valence-electron chi connectivity index (χ0n) is 29.9. The second kappa shape index (κ2) is 11.4. The zero-order valence-corrected chi connectivity index (χ0v) is 29.9. The molecule has 1 heterocycles. The molecule has 0 fully saturated rings. The second-order valence-electron chi connectivity index (χ2n) is 14.8. The third-order valence-electron chi connectivity index (χ3n) is 12.1. The average Bonchev–Trinajstić information content (AvgIpc) is 3.77. The third-order valence-corrected chi connectivity index (χ3v) is 12.1. The fraction of sp³-hybridized carbons (Fsp3) is 0.0189. The van der Waals surface area contributed by atoms with E-state index in [1.165, 1.54) is 66.4 Å². The van der Waals surface area contributed by atoms with Gasteiger partial charge < -0.3 is 9.32 Å². The lowest BCUT2D eigenvalue weighted by Gasteiger charge is -2.40. The van der Waals surface area contributed by atoms with E-state index in [1.54, 1.807) is 0 Å². The van der Waals surface area contributed by atoms with Gasteiger partial charge in [-0.1, -0.05) is 152 Å². The summed E-state index contributed by atoms with van der Waals surface area (Å²) in [5.74, 6) is 0. The summed E-state index contributed by atoms with van der Waals surface area (Å²) in [6, 6.07) is 73.2. The van der Waals surface area contributed by atoms with Gasteiger partial charge in [0.25, 0.3) is 0 Å². The van der Waals surface area contributed by atoms with Crippen LogP contribution in [0.5, 0.6) is 0 Å². The predicted octanol–water partition coefficient (Wildman–Crippen LogP) is 14.2. The van der Waals surface area contributed by atoms with Gasteiger partial charge in [0.05, 0.1) is 5.41 Å². The molecule has 0 radical (unpaired) electrons. The quantitative estimate of drug-likeness (QED) is 0.182. The van der Waals surface area contributed by atoms with Crippen molar-refractivity contribution in [3.63, 3.8) is 0 Å². The van der Waals surface area contributed by atoms with Gasteiger partial charge in [0.1, 0.15) is 11.2 Å². The normalized spacial score (nSPS) is 15.0. The van der Waals surface area contributed by atoms with Crippen LogP contribution in [-0.2, 0) is 5.41 Å². The predicted molar refractivity (Wildman–Crippen MR) is 228 cm³/mol. The van der Waals surface area contributed by atoms with Gasteiger partial charge >= 0.3 is 0 Å². The first-order valence-electron chi connectivity index (χ1n) is 19.0. The summed E-state index contributed by atoms with van der Waals surface area (Å²) in [6.45, 7) is 0. The van der Waals surface area contributed by atoms with E-state index >= 15 is 0 Å². The van der Waals surface area contributed by atoms with Gasteiger partial charge in [0.2, 0.25) is 0 Å². The molecular formula is C53H33NO. The maximum atomic E-state index is 6.34. The Balaban J connectivity index is 1.04. The molecule has 0 aliphatic heterocycles. The van der Waals surface area contributed by atoms with Gasteiger partial charge in [-0.05, 0) is 109 Å². The van der Waals surface area contributed by atoms with Crippen LogP contribution in [0.2, 0.25) is 0 Å². The molecular weight excluding hydrogens is 667 g/mol. The van der Waals surface area contributed by atoms with E-state index in [-0.39, 0.29) is 0 Å². The largest absolute Gasteiger partial charge is 0.456 e. The van der Waals surface area contributed by atoms with E-state index in [9.17, 15) is 0 Å². The van der Waals surface area contributed by atoms with Crippen molar-refractivity contribution in [1.29, 1.82) is 0 Å². The summed E-state index contributed by atoms with van der Waals surface area (Å²) < 4.78 is 6.34. The first-order chi connectivity index (χ1) is 27.3. The van der Waals surface area contributed by atoms with Crippen molar-refractivity contribution in [2.24, 2.45) is 0 Å². The molecule has 0 amide bonds. The van der Waals surface area contributed by atoms with E-state index in [0.717, 1.165) is 39.0 Å². The van der Waals surface area contributed by atoms with Crippen LogP contribution in [0.4, 0.5) is 17.1 Å². The highest BCUT2D eigenvalue weighted by molar-refractivity contribution is 6.09. The van der Waals surface area contributed by atoms with Crippen molar-refractivity contribution >= 4 is 49.8 Å². The average molecular weight is 700 g/mol. The highest BCUT2D eigenvalue weighted by atomic mass is 16.3. The molecule has 1 atom stereocenters.